The zero-order valence-electron chi connectivity index (χ0n) is 9.89. The van der Waals surface area contributed by atoms with E-state index in [0.29, 0.717) is 0 Å². The van der Waals surface area contributed by atoms with Gasteiger partial charge < -0.3 is 9.88 Å². The fourth-order valence-electron chi connectivity index (χ4n) is 1.65. The molecule has 0 amide bonds. The highest BCUT2D eigenvalue weighted by Crippen LogP contribution is 2.12. The summed E-state index contributed by atoms with van der Waals surface area (Å²) in [6, 6.07) is 8.47. The van der Waals surface area contributed by atoms with Crippen molar-refractivity contribution in [3.63, 3.8) is 0 Å². The molecule has 1 aromatic carbocycles. The summed E-state index contributed by atoms with van der Waals surface area (Å²) < 4.78 is 3.03. The van der Waals surface area contributed by atoms with E-state index in [4.69, 9.17) is 0 Å². The molecule has 1 N–H and O–H groups in total. The maximum absolute atomic E-state index is 4.09. The Kier molecular flexibility index (Phi) is 3.91. The van der Waals surface area contributed by atoms with Crippen molar-refractivity contribution in [3.05, 3.63) is 46.5 Å². The zero-order valence-corrected chi connectivity index (χ0v) is 11.5. The molecule has 0 spiro atoms. The van der Waals surface area contributed by atoms with Crippen LogP contribution in [0, 0.1) is 0 Å². The highest BCUT2D eigenvalue weighted by molar-refractivity contribution is 9.10. The quantitative estimate of drug-likeness (QED) is 0.942. The van der Waals surface area contributed by atoms with Crippen LogP contribution in [0.2, 0.25) is 0 Å². The van der Waals surface area contributed by atoms with Gasteiger partial charge in [0.15, 0.2) is 0 Å². The topological polar surface area (TPSA) is 42.7 Å². The SMILES string of the molecule is CC(NCc1ccc(Br)cc1)c1nncn1C. The standard InChI is InChI=1S/C12H15BrN4/c1-9(12-16-15-8-17(12)2)14-7-10-3-5-11(13)6-4-10/h3-6,8-9,14H,7H2,1-2H3. The van der Waals surface area contributed by atoms with Crippen molar-refractivity contribution in [3.8, 4) is 0 Å². The molecule has 2 rings (SSSR count). The number of rotatable bonds is 4. The smallest absolute Gasteiger partial charge is 0.149 e. The average molecular weight is 295 g/mol. The predicted molar refractivity (Wildman–Crippen MR) is 70.4 cm³/mol. The number of halogens is 1. The first-order valence-electron chi connectivity index (χ1n) is 5.48. The molecule has 1 atom stereocenters. The minimum absolute atomic E-state index is 0.186. The third-order valence-electron chi connectivity index (χ3n) is 2.66. The number of hydrogen-bond acceptors (Lipinski definition) is 3. The van der Waals surface area contributed by atoms with Gasteiger partial charge in [-0.1, -0.05) is 28.1 Å². The van der Waals surface area contributed by atoms with Crippen LogP contribution in [0.5, 0.6) is 0 Å². The number of hydrogen-bond donors (Lipinski definition) is 1. The molecule has 0 bridgehead atoms. The van der Waals surface area contributed by atoms with Gasteiger partial charge in [0, 0.05) is 18.1 Å². The molecule has 17 heavy (non-hydrogen) atoms. The van der Waals surface area contributed by atoms with Crippen molar-refractivity contribution in [2.45, 2.75) is 19.5 Å². The molecular formula is C12H15BrN4. The summed E-state index contributed by atoms with van der Waals surface area (Å²) in [6.07, 6.45) is 1.72. The largest absolute Gasteiger partial charge is 0.319 e. The molecular weight excluding hydrogens is 280 g/mol. The summed E-state index contributed by atoms with van der Waals surface area (Å²) in [7, 11) is 1.95. The van der Waals surface area contributed by atoms with E-state index >= 15 is 0 Å². The van der Waals surface area contributed by atoms with Crippen LogP contribution in [0.4, 0.5) is 0 Å². The van der Waals surface area contributed by atoms with E-state index in [1.807, 2.05) is 23.7 Å². The van der Waals surface area contributed by atoms with Crippen molar-refractivity contribution in [2.75, 3.05) is 0 Å². The number of nitrogens with zero attached hydrogens (tertiary/aromatic N) is 3. The van der Waals surface area contributed by atoms with Crippen LogP contribution in [0.3, 0.4) is 0 Å². The third-order valence-corrected chi connectivity index (χ3v) is 3.19. The first kappa shape index (κ1) is 12.3. The molecule has 1 unspecified atom stereocenters. The first-order valence-corrected chi connectivity index (χ1v) is 6.28. The van der Waals surface area contributed by atoms with Gasteiger partial charge in [-0.2, -0.15) is 0 Å². The predicted octanol–water partition coefficient (Wildman–Crippen LogP) is 2.43. The lowest BCUT2D eigenvalue weighted by molar-refractivity contribution is 0.528. The van der Waals surface area contributed by atoms with Crippen molar-refractivity contribution >= 4 is 15.9 Å². The Balaban J connectivity index is 1.94. The lowest BCUT2D eigenvalue weighted by atomic mass is 10.2. The van der Waals surface area contributed by atoms with Gasteiger partial charge >= 0.3 is 0 Å². The Morgan fingerprint density at radius 3 is 2.65 bits per heavy atom. The van der Waals surface area contributed by atoms with E-state index in [9.17, 15) is 0 Å². The van der Waals surface area contributed by atoms with Crippen LogP contribution in [0.25, 0.3) is 0 Å². The molecule has 90 valence electrons. The van der Waals surface area contributed by atoms with Gasteiger partial charge in [0.25, 0.3) is 0 Å². The van der Waals surface area contributed by atoms with Gasteiger partial charge in [-0.3, -0.25) is 0 Å². The van der Waals surface area contributed by atoms with E-state index in [-0.39, 0.29) is 6.04 Å². The second kappa shape index (κ2) is 5.42. The number of aromatic nitrogens is 3. The van der Waals surface area contributed by atoms with Gasteiger partial charge in [-0.15, -0.1) is 10.2 Å². The van der Waals surface area contributed by atoms with Crippen molar-refractivity contribution in [1.82, 2.24) is 20.1 Å². The molecule has 0 aliphatic heterocycles. The van der Waals surface area contributed by atoms with Crippen LogP contribution < -0.4 is 5.32 Å². The molecule has 5 heteroatoms. The molecule has 0 saturated carbocycles. The average Bonchev–Trinajstić information content (AvgIpc) is 2.74. The maximum atomic E-state index is 4.09. The highest BCUT2D eigenvalue weighted by atomic mass is 79.9. The minimum Gasteiger partial charge on any atom is -0.319 e. The van der Waals surface area contributed by atoms with Crippen molar-refractivity contribution in [2.24, 2.45) is 7.05 Å². The maximum Gasteiger partial charge on any atom is 0.149 e. The van der Waals surface area contributed by atoms with E-state index in [1.54, 1.807) is 6.33 Å². The van der Waals surface area contributed by atoms with Crippen molar-refractivity contribution < 1.29 is 0 Å². The lowest BCUT2D eigenvalue weighted by Crippen LogP contribution is -2.21. The molecule has 0 fully saturated rings. The second-order valence-electron chi connectivity index (χ2n) is 4.03. The van der Waals surface area contributed by atoms with Gasteiger partial charge in [0.2, 0.25) is 0 Å². The van der Waals surface area contributed by atoms with E-state index < -0.39 is 0 Å². The lowest BCUT2D eigenvalue weighted by Gasteiger charge is -2.12. The summed E-state index contributed by atoms with van der Waals surface area (Å²) in [6.45, 7) is 2.91. The number of benzene rings is 1. The Morgan fingerprint density at radius 1 is 1.35 bits per heavy atom. The molecule has 2 aromatic rings. The molecule has 0 aliphatic carbocycles. The zero-order chi connectivity index (χ0) is 12.3. The fourth-order valence-corrected chi connectivity index (χ4v) is 1.91. The number of nitrogens with one attached hydrogen (secondary N) is 1. The third kappa shape index (κ3) is 3.14. The Labute approximate surface area is 109 Å². The van der Waals surface area contributed by atoms with E-state index in [2.05, 4.69) is 50.5 Å². The monoisotopic (exact) mass is 294 g/mol. The van der Waals surface area contributed by atoms with Gasteiger partial charge in [0.05, 0.1) is 6.04 Å². The van der Waals surface area contributed by atoms with Gasteiger partial charge in [0.1, 0.15) is 12.2 Å². The first-order chi connectivity index (χ1) is 8.16. The van der Waals surface area contributed by atoms with Crippen LogP contribution in [-0.2, 0) is 13.6 Å². The normalized spacial score (nSPS) is 12.6. The summed E-state index contributed by atoms with van der Waals surface area (Å²) in [4.78, 5) is 0. The Hall–Kier alpha value is -1.20. The van der Waals surface area contributed by atoms with E-state index in [0.717, 1.165) is 16.8 Å². The highest BCUT2D eigenvalue weighted by Gasteiger charge is 2.10. The van der Waals surface area contributed by atoms with Gasteiger partial charge in [-0.25, -0.2) is 0 Å². The number of aryl methyl sites for hydroxylation is 1. The van der Waals surface area contributed by atoms with Crippen LogP contribution >= 0.6 is 15.9 Å². The van der Waals surface area contributed by atoms with Crippen LogP contribution in [-0.4, -0.2) is 14.8 Å². The molecule has 0 radical (unpaired) electrons. The van der Waals surface area contributed by atoms with Crippen molar-refractivity contribution in [1.29, 1.82) is 0 Å². The fraction of sp³-hybridized carbons (Fsp3) is 0.333. The molecule has 1 aromatic heterocycles. The van der Waals surface area contributed by atoms with E-state index in [1.165, 1.54) is 5.56 Å². The summed E-state index contributed by atoms with van der Waals surface area (Å²) in [5.41, 5.74) is 1.25. The Morgan fingerprint density at radius 2 is 2.06 bits per heavy atom. The van der Waals surface area contributed by atoms with Crippen LogP contribution in [0.1, 0.15) is 24.4 Å². The minimum atomic E-state index is 0.186. The molecule has 0 aliphatic rings. The molecule has 0 saturated heterocycles. The summed E-state index contributed by atoms with van der Waals surface area (Å²) >= 11 is 3.42. The summed E-state index contributed by atoms with van der Waals surface area (Å²) in [5.74, 6) is 0.946. The molecule has 1 heterocycles. The van der Waals surface area contributed by atoms with Gasteiger partial charge in [-0.05, 0) is 24.6 Å². The Bertz CT molecular complexity index is 478. The second-order valence-corrected chi connectivity index (χ2v) is 4.94. The van der Waals surface area contributed by atoms with Crippen LogP contribution in [0.15, 0.2) is 35.1 Å². The molecule has 4 nitrogen and oxygen atoms in total. The summed E-state index contributed by atoms with van der Waals surface area (Å²) in [5, 5.41) is 11.4.